The molecule has 126 valence electrons. The van der Waals surface area contributed by atoms with Crippen LogP contribution in [-0.4, -0.2) is 14.5 Å². The van der Waals surface area contributed by atoms with Gasteiger partial charge in [0.25, 0.3) is 5.56 Å². The molecule has 0 bridgehead atoms. The third-order valence-electron chi connectivity index (χ3n) is 4.21. The lowest BCUT2D eigenvalue weighted by molar-refractivity contribution is 0.840. The average Bonchev–Trinajstić information content (AvgIpc) is 3.17. The molecule has 2 heterocycles. The van der Waals surface area contributed by atoms with E-state index in [9.17, 15) is 4.79 Å². The van der Waals surface area contributed by atoms with Crippen LogP contribution in [0.2, 0.25) is 0 Å². The number of imidazole rings is 1. The van der Waals surface area contributed by atoms with E-state index < -0.39 is 0 Å². The van der Waals surface area contributed by atoms with E-state index in [1.165, 1.54) is 0 Å². The van der Waals surface area contributed by atoms with Crippen molar-refractivity contribution in [2.75, 3.05) is 0 Å². The van der Waals surface area contributed by atoms with E-state index in [0.717, 1.165) is 27.6 Å². The van der Waals surface area contributed by atoms with Gasteiger partial charge in [-0.15, -0.1) is 0 Å². The fraction of sp³-hybridized carbons (Fsp3) is 0.0909. The molecule has 0 saturated heterocycles. The number of hydrogen-bond acceptors (Lipinski definition) is 2. The number of fused-ring (bicyclic) bond motifs is 1. The number of pyridine rings is 1. The molecule has 4 rings (SSSR count). The van der Waals surface area contributed by atoms with Crippen molar-refractivity contribution in [2.45, 2.75) is 13.0 Å². The normalized spacial score (nSPS) is 10.5. The van der Waals surface area contributed by atoms with Crippen LogP contribution >= 0.6 is 0 Å². The smallest absolute Gasteiger partial charge is 0.251 e. The molecular formula is C22H17N3O. The fourth-order valence-electron chi connectivity index (χ4n) is 2.89. The minimum absolute atomic E-state index is 0.0414. The van der Waals surface area contributed by atoms with Crippen LogP contribution in [0.15, 0.2) is 78.1 Å². The zero-order valence-corrected chi connectivity index (χ0v) is 14.1. The summed E-state index contributed by atoms with van der Waals surface area (Å²) in [5.74, 6) is 6.30. The van der Waals surface area contributed by atoms with Gasteiger partial charge in [-0.1, -0.05) is 42.2 Å². The standard InChI is InChI=1S/C22H17N3O/c26-22-20(14-17-5-2-1-3-6-17)15-19-13-18(8-9-21(19)24-22)7-4-11-25-12-10-23-16-25/h1-3,5-6,8-10,12-13,15-16H,11,14H2,(H,24,26). The Morgan fingerprint density at radius 3 is 2.77 bits per heavy atom. The number of rotatable bonds is 3. The lowest BCUT2D eigenvalue weighted by atomic mass is 10.0. The predicted octanol–water partition coefficient (Wildman–Crippen LogP) is 3.37. The molecule has 0 spiro atoms. The van der Waals surface area contributed by atoms with E-state index in [2.05, 4.69) is 21.8 Å². The molecule has 2 aromatic carbocycles. The quantitative estimate of drug-likeness (QED) is 0.582. The van der Waals surface area contributed by atoms with E-state index in [1.54, 1.807) is 12.5 Å². The third-order valence-corrected chi connectivity index (χ3v) is 4.21. The highest BCUT2D eigenvalue weighted by molar-refractivity contribution is 5.80. The van der Waals surface area contributed by atoms with Crippen LogP contribution in [0, 0.1) is 11.8 Å². The molecular weight excluding hydrogens is 322 g/mol. The number of H-pyrrole nitrogens is 1. The Labute approximate surface area is 151 Å². The van der Waals surface area contributed by atoms with Crippen molar-refractivity contribution in [3.8, 4) is 11.8 Å². The molecule has 0 aliphatic heterocycles. The summed E-state index contributed by atoms with van der Waals surface area (Å²) in [5.41, 5.74) is 3.59. The molecule has 0 fully saturated rings. The third kappa shape index (κ3) is 3.57. The summed E-state index contributed by atoms with van der Waals surface area (Å²) < 4.78 is 1.92. The highest BCUT2D eigenvalue weighted by Crippen LogP contribution is 2.15. The Hall–Kier alpha value is -3.58. The maximum atomic E-state index is 12.3. The van der Waals surface area contributed by atoms with Gasteiger partial charge in [-0.3, -0.25) is 4.79 Å². The zero-order chi connectivity index (χ0) is 17.8. The number of hydrogen-bond donors (Lipinski definition) is 1. The van der Waals surface area contributed by atoms with Gasteiger partial charge < -0.3 is 9.55 Å². The van der Waals surface area contributed by atoms with E-state index in [4.69, 9.17) is 0 Å². The molecule has 0 atom stereocenters. The second-order valence-corrected chi connectivity index (χ2v) is 6.12. The van der Waals surface area contributed by atoms with Crippen molar-refractivity contribution in [2.24, 2.45) is 0 Å². The first-order valence-electron chi connectivity index (χ1n) is 8.42. The average molecular weight is 339 g/mol. The SMILES string of the molecule is O=c1[nH]c2ccc(C#CCn3ccnc3)cc2cc1Cc1ccccc1. The largest absolute Gasteiger partial charge is 0.326 e. The van der Waals surface area contributed by atoms with Crippen molar-refractivity contribution in [1.29, 1.82) is 0 Å². The van der Waals surface area contributed by atoms with Crippen molar-refractivity contribution in [3.63, 3.8) is 0 Å². The van der Waals surface area contributed by atoms with Crippen LogP contribution < -0.4 is 5.56 Å². The number of benzene rings is 2. The second kappa shape index (κ2) is 7.12. The molecule has 4 heteroatoms. The Kier molecular flexibility index (Phi) is 4.36. The van der Waals surface area contributed by atoms with E-state index in [0.29, 0.717) is 13.0 Å². The van der Waals surface area contributed by atoms with Gasteiger partial charge in [-0.2, -0.15) is 0 Å². The summed E-state index contributed by atoms with van der Waals surface area (Å²) in [7, 11) is 0. The van der Waals surface area contributed by atoms with Gasteiger partial charge in [0.1, 0.15) is 0 Å². The van der Waals surface area contributed by atoms with Crippen LogP contribution in [-0.2, 0) is 13.0 Å². The molecule has 1 N–H and O–H groups in total. The molecule has 0 saturated carbocycles. The predicted molar refractivity (Wildman–Crippen MR) is 103 cm³/mol. The molecule has 0 amide bonds. The molecule has 4 aromatic rings. The second-order valence-electron chi connectivity index (χ2n) is 6.12. The van der Waals surface area contributed by atoms with Crippen LogP contribution in [0.5, 0.6) is 0 Å². The Morgan fingerprint density at radius 2 is 1.96 bits per heavy atom. The summed E-state index contributed by atoms with van der Waals surface area (Å²) in [5, 5.41) is 0.991. The van der Waals surface area contributed by atoms with Gasteiger partial charge in [0, 0.05) is 35.5 Å². The molecule has 4 nitrogen and oxygen atoms in total. The number of aromatic amines is 1. The lowest BCUT2D eigenvalue weighted by Gasteiger charge is -2.04. The molecule has 0 radical (unpaired) electrons. The number of aromatic nitrogens is 3. The topological polar surface area (TPSA) is 50.7 Å². The maximum Gasteiger partial charge on any atom is 0.251 e. The summed E-state index contributed by atoms with van der Waals surface area (Å²) in [6.07, 6.45) is 5.98. The first-order valence-corrected chi connectivity index (χ1v) is 8.42. The Balaban J connectivity index is 1.63. The fourth-order valence-corrected chi connectivity index (χ4v) is 2.89. The van der Waals surface area contributed by atoms with E-state index in [1.807, 2.05) is 65.4 Å². The first kappa shape index (κ1) is 15.9. The van der Waals surface area contributed by atoms with Crippen molar-refractivity contribution in [1.82, 2.24) is 14.5 Å². The van der Waals surface area contributed by atoms with Gasteiger partial charge in [0.05, 0.1) is 12.9 Å². The van der Waals surface area contributed by atoms with Crippen LogP contribution in [0.1, 0.15) is 16.7 Å². The Morgan fingerprint density at radius 1 is 1.08 bits per heavy atom. The van der Waals surface area contributed by atoms with Gasteiger partial charge in [-0.25, -0.2) is 4.98 Å². The summed E-state index contributed by atoms with van der Waals surface area (Å²) in [6.45, 7) is 0.600. The van der Waals surface area contributed by atoms with Crippen molar-refractivity contribution in [3.05, 3.63) is 100 Å². The van der Waals surface area contributed by atoms with Crippen LogP contribution in [0.3, 0.4) is 0 Å². The van der Waals surface area contributed by atoms with Gasteiger partial charge in [0.15, 0.2) is 0 Å². The number of nitrogens with one attached hydrogen (secondary N) is 1. The van der Waals surface area contributed by atoms with Crippen molar-refractivity contribution < 1.29 is 0 Å². The van der Waals surface area contributed by atoms with E-state index in [-0.39, 0.29) is 5.56 Å². The monoisotopic (exact) mass is 339 g/mol. The lowest BCUT2D eigenvalue weighted by Crippen LogP contribution is -2.12. The summed E-state index contributed by atoms with van der Waals surface area (Å²) in [6, 6.07) is 17.8. The van der Waals surface area contributed by atoms with Gasteiger partial charge in [0.2, 0.25) is 0 Å². The van der Waals surface area contributed by atoms with Crippen molar-refractivity contribution >= 4 is 10.9 Å². The van der Waals surface area contributed by atoms with Gasteiger partial charge >= 0.3 is 0 Å². The Bertz CT molecular complexity index is 1150. The minimum atomic E-state index is -0.0414. The highest BCUT2D eigenvalue weighted by Gasteiger charge is 2.04. The van der Waals surface area contributed by atoms with Crippen LogP contribution in [0.4, 0.5) is 0 Å². The molecule has 26 heavy (non-hydrogen) atoms. The summed E-state index contributed by atoms with van der Waals surface area (Å²) in [4.78, 5) is 19.3. The zero-order valence-electron chi connectivity index (χ0n) is 14.1. The van der Waals surface area contributed by atoms with E-state index >= 15 is 0 Å². The van der Waals surface area contributed by atoms with Gasteiger partial charge in [-0.05, 0) is 35.2 Å². The number of nitrogens with zero attached hydrogens (tertiary/aromatic N) is 2. The maximum absolute atomic E-state index is 12.3. The minimum Gasteiger partial charge on any atom is -0.326 e. The molecule has 2 aromatic heterocycles. The summed E-state index contributed by atoms with van der Waals surface area (Å²) >= 11 is 0. The molecule has 0 aliphatic carbocycles. The highest BCUT2D eigenvalue weighted by atomic mass is 16.1. The molecule has 0 aliphatic rings. The molecule has 0 unspecified atom stereocenters. The van der Waals surface area contributed by atoms with Crippen LogP contribution in [0.25, 0.3) is 10.9 Å². The first-order chi connectivity index (χ1) is 12.8.